The lowest BCUT2D eigenvalue weighted by atomic mass is 9.94. The Morgan fingerprint density at radius 2 is 1.93 bits per heavy atom. The maximum atomic E-state index is 8.74. The molecule has 1 unspecified atom stereocenters. The molecule has 1 aliphatic rings. The van der Waals surface area contributed by atoms with Crippen LogP contribution in [0, 0.1) is 0 Å². The molecule has 82 valence electrons. The van der Waals surface area contributed by atoms with Gasteiger partial charge in [-0.2, -0.15) is 8.42 Å². The summed E-state index contributed by atoms with van der Waals surface area (Å²) in [6.45, 7) is 1.98. The Kier molecular flexibility index (Phi) is 4.27. The molecule has 1 atom stereocenters. The normalized spacial score (nSPS) is 26.1. The fourth-order valence-corrected chi connectivity index (χ4v) is 0.760. The van der Waals surface area contributed by atoms with Gasteiger partial charge in [0.15, 0.2) is 0 Å². The van der Waals surface area contributed by atoms with Crippen molar-refractivity contribution in [1.29, 1.82) is 0 Å². The third kappa shape index (κ3) is 9.20. The summed E-state index contributed by atoms with van der Waals surface area (Å²) in [5.41, 5.74) is 11.9. The van der Waals surface area contributed by atoms with Crippen LogP contribution in [0.4, 0.5) is 0 Å². The highest BCUT2D eigenvalue weighted by Gasteiger charge is 2.14. The molecule has 0 bridgehead atoms. The molecule has 0 aromatic carbocycles. The van der Waals surface area contributed by atoms with E-state index >= 15 is 0 Å². The van der Waals surface area contributed by atoms with E-state index in [1.54, 1.807) is 0 Å². The summed E-state index contributed by atoms with van der Waals surface area (Å²) < 4.78 is 31.6. The molecule has 14 heavy (non-hydrogen) atoms. The first-order valence-electron chi connectivity index (χ1n) is 3.74. The number of hydrogen-bond acceptors (Lipinski definition) is 4. The van der Waals surface area contributed by atoms with Crippen molar-refractivity contribution in [2.75, 3.05) is 0 Å². The van der Waals surface area contributed by atoms with Crippen LogP contribution in [0.2, 0.25) is 0 Å². The highest BCUT2D eigenvalue weighted by Crippen LogP contribution is 2.14. The third-order valence-electron chi connectivity index (χ3n) is 1.43. The van der Waals surface area contributed by atoms with E-state index in [-0.39, 0.29) is 5.54 Å². The van der Waals surface area contributed by atoms with Gasteiger partial charge < -0.3 is 11.5 Å². The summed E-state index contributed by atoms with van der Waals surface area (Å²) in [5, 5.41) is 0. The Morgan fingerprint density at radius 1 is 1.50 bits per heavy atom. The van der Waals surface area contributed by atoms with Gasteiger partial charge in [0.25, 0.3) is 0 Å². The van der Waals surface area contributed by atoms with E-state index in [9.17, 15) is 0 Å². The predicted molar refractivity (Wildman–Crippen MR) is 52.8 cm³/mol. The van der Waals surface area contributed by atoms with Crippen LogP contribution in [-0.4, -0.2) is 23.1 Å². The SMILES string of the molecule is CC1(N)C=CC(N)=CC1.O=S(=O)(O)O. The highest BCUT2D eigenvalue weighted by molar-refractivity contribution is 7.79. The van der Waals surface area contributed by atoms with Crippen molar-refractivity contribution >= 4 is 10.4 Å². The van der Waals surface area contributed by atoms with Crippen LogP contribution in [0.1, 0.15) is 13.3 Å². The molecule has 0 fully saturated rings. The smallest absolute Gasteiger partial charge is 0.394 e. The van der Waals surface area contributed by atoms with E-state index in [0.717, 1.165) is 12.1 Å². The fraction of sp³-hybridized carbons (Fsp3) is 0.429. The molecule has 7 heteroatoms. The molecule has 0 spiro atoms. The number of hydrogen-bond donors (Lipinski definition) is 4. The minimum absolute atomic E-state index is 0.178. The zero-order valence-corrected chi connectivity index (χ0v) is 8.53. The van der Waals surface area contributed by atoms with Gasteiger partial charge in [0.2, 0.25) is 0 Å². The van der Waals surface area contributed by atoms with Gasteiger partial charge in [-0.15, -0.1) is 0 Å². The molecule has 1 aliphatic carbocycles. The van der Waals surface area contributed by atoms with Crippen molar-refractivity contribution < 1.29 is 17.5 Å². The van der Waals surface area contributed by atoms with Gasteiger partial charge in [0.1, 0.15) is 0 Å². The fourth-order valence-electron chi connectivity index (χ4n) is 0.760. The Morgan fingerprint density at radius 3 is 2.14 bits per heavy atom. The molecular weight excluding hydrogens is 208 g/mol. The molecule has 0 aromatic rings. The molecule has 0 radical (unpaired) electrons. The minimum atomic E-state index is -4.67. The highest BCUT2D eigenvalue weighted by atomic mass is 32.3. The topological polar surface area (TPSA) is 127 Å². The van der Waals surface area contributed by atoms with Gasteiger partial charge in [-0.3, -0.25) is 9.11 Å². The molecule has 0 aliphatic heterocycles. The molecule has 0 heterocycles. The Bertz CT molecular complexity index is 335. The summed E-state index contributed by atoms with van der Waals surface area (Å²) in [6, 6.07) is 0. The summed E-state index contributed by atoms with van der Waals surface area (Å²) in [7, 11) is -4.67. The van der Waals surface area contributed by atoms with Crippen LogP contribution in [0.5, 0.6) is 0 Å². The lowest BCUT2D eigenvalue weighted by Gasteiger charge is -2.21. The van der Waals surface area contributed by atoms with Gasteiger partial charge in [-0.1, -0.05) is 12.2 Å². The first-order chi connectivity index (χ1) is 6.10. The summed E-state index contributed by atoms with van der Waals surface area (Å²) in [4.78, 5) is 0. The van der Waals surface area contributed by atoms with Crippen LogP contribution in [0.15, 0.2) is 23.9 Å². The number of allylic oxidation sites excluding steroid dienone is 1. The van der Waals surface area contributed by atoms with Gasteiger partial charge in [0.05, 0.1) is 0 Å². The molecule has 0 aromatic heterocycles. The summed E-state index contributed by atoms with van der Waals surface area (Å²) in [5.74, 6) is 0. The molecule has 6 nitrogen and oxygen atoms in total. The zero-order chi connectivity index (χ0) is 11.4. The Labute approximate surface area is 82.9 Å². The Balaban J connectivity index is 0.000000292. The van der Waals surface area contributed by atoms with Crippen molar-refractivity contribution in [3.05, 3.63) is 23.9 Å². The largest absolute Gasteiger partial charge is 0.399 e. The van der Waals surface area contributed by atoms with Crippen molar-refractivity contribution in [2.24, 2.45) is 11.5 Å². The maximum absolute atomic E-state index is 8.74. The molecule has 0 saturated carbocycles. The average molecular weight is 222 g/mol. The van der Waals surface area contributed by atoms with E-state index in [4.69, 9.17) is 29.0 Å². The second kappa shape index (κ2) is 4.56. The first kappa shape index (κ1) is 13.1. The van der Waals surface area contributed by atoms with Crippen LogP contribution >= 0.6 is 0 Å². The van der Waals surface area contributed by atoms with Crippen LogP contribution in [0.3, 0.4) is 0 Å². The number of nitrogens with two attached hydrogens (primary N) is 2. The summed E-state index contributed by atoms with van der Waals surface area (Å²) in [6.07, 6.45) is 6.57. The lowest BCUT2D eigenvalue weighted by Crippen LogP contribution is -2.34. The predicted octanol–water partition coefficient (Wildman–Crippen LogP) is -0.146. The van der Waals surface area contributed by atoms with Crippen molar-refractivity contribution in [1.82, 2.24) is 0 Å². The van der Waals surface area contributed by atoms with E-state index in [2.05, 4.69) is 0 Å². The van der Waals surface area contributed by atoms with Gasteiger partial charge in [0, 0.05) is 11.2 Å². The van der Waals surface area contributed by atoms with Crippen LogP contribution < -0.4 is 11.5 Å². The molecule has 0 amide bonds. The average Bonchev–Trinajstić information content (AvgIpc) is 1.92. The number of rotatable bonds is 0. The van der Waals surface area contributed by atoms with E-state index in [0.29, 0.717) is 0 Å². The zero-order valence-electron chi connectivity index (χ0n) is 7.71. The quantitative estimate of drug-likeness (QED) is 0.422. The van der Waals surface area contributed by atoms with Crippen molar-refractivity contribution in [3.8, 4) is 0 Å². The van der Waals surface area contributed by atoms with Crippen molar-refractivity contribution in [2.45, 2.75) is 18.9 Å². The molecule has 6 N–H and O–H groups in total. The van der Waals surface area contributed by atoms with Gasteiger partial charge in [-0.05, 0) is 19.4 Å². The Hall–Kier alpha value is -0.890. The van der Waals surface area contributed by atoms with E-state index < -0.39 is 10.4 Å². The van der Waals surface area contributed by atoms with E-state index in [1.807, 2.05) is 25.2 Å². The van der Waals surface area contributed by atoms with Crippen molar-refractivity contribution in [3.63, 3.8) is 0 Å². The second-order valence-electron chi connectivity index (χ2n) is 3.20. The maximum Gasteiger partial charge on any atom is 0.394 e. The first-order valence-corrected chi connectivity index (χ1v) is 5.13. The molecule has 0 saturated heterocycles. The summed E-state index contributed by atoms with van der Waals surface area (Å²) >= 11 is 0. The van der Waals surface area contributed by atoms with E-state index in [1.165, 1.54) is 0 Å². The van der Waals surface area contributed by atoms with Gasteiger partial charge in [-0.25, -0.2) is 0 Å². The monoisotopic (exact) mass is 222 g/mol. The lowest BCUT2D eigenvalue weighted by molar-refractivity contribution is 0.381. The molecular formula is C7H14N2O4S. The van der Waals surface area contributed by atoms with Gasteiger partial charge >= 0.3 is 10.4 Å². The van der Waals surface area contributed by atoms with Crippen LogP contribution in [-0.2, 0) is 10.4 Å². The second-order valence-corrected chi connectivity index (χ2v) is 4.09. The standard InChI is InChI=1S/C7H12N2.H2O4S/c1-7(9)4-2-6(8)3-5-7;1-5(2,3)4/h2-4H,5,8-9H2,1H3;(H2,1,2,3,4). The molecule has 1 rings (SSSR count). The van der Waals surface area contributed by atoms with Crippen LogP contribution in [0.25, 0.3) is 0 Å². The minimum Gasteiger partial charge on any atom is -0.399 e. The third-order valence-corrected chi connectivity index (χ3v) is 1.43.